The number of carbonyl (C=O) groups excluding carboxylic acids is 1. The first-order valence-corrected chi connectivity index (χ1v) is 6.76. The molecule has 0 saturated heterocycles. The zero-order chi connectivity index (χ0) is 16.0. The van der Waals surface area contributed by atoms with Crippen molar-refractivity contribution in [3.05, 3.63) is 29.8 Å². The van der Waals surface area contributed by atoms with Gasteiger partial charge in [0, 0.05) is 18.7 Å². The Hall–Kier alpha value is -2.08. The second kappa shape index (κ2) is 7.08. The monoisotopic (exact) mass is 294 g/mol. The van der Waals surface area contributed by atoms with Gasteiger partial charge in [0.25, 0.3) is 0 Å². The molecule has 0 bridgehead atoms. The van der Waals surface area contributed by atoms with E-state index in [4.69, 9.17) is 10.2 Å². The normalized spacial score (nSPS) is 12.6. The summed E-state index contributed by atoms with van der Waals surface area (Å²) in [6.45, 7) is 5.77. The Morgan fingerprint density at radius 3 is 2.38 bits per heavy atom. The van der Waals surface area contributed by atoms with Crippen molar-refractivity contribution >= 4 is 17.7 Å². The van der Waals surface area contributed by atoms with Crippen LogP contribution in [-0.2, 0) is 10.2 Å². The smallest absolute Gasteiger partial charge is 0.326 e. The van der Waals surface area contributed by atoms with Crippen LogP contribution in [0.15, 0.2) is 24.3 Å². The SMILES string of the molecule is CC(C)(C)c1ccccc1NC(=O)N[C@H](CCO)C(=O)O. The Bertz CT molecular complexity index is 509. The lowest BCUT2D eigenvalue weighted by Crippen LogP contribution is -2.43. The predicted molar refractivity (Wildman–Crippen MR) is 80.4 cm³/mol. The summed E-state index contributed by atoms with van der Waals surface area (Å²) in [7, 11) is 0. The van der Waals surface area contributed by atoms with Crippen LogP contribution in [0, 0.1) is 0 Å². The predicted octanol–water partition coefficient (Wildman–Crippen LogP) is 1.94. The van der Waals surface area contributed by atoms with Crippen LogP contribution in [0.2, 0.25) is 0 Å². The number of nitrogens with one attached hydrogen (secondary N) is 2. The first-order chi connectivity index (χ1) is 9.75. The maximum absolute atomic E-state index is 11.9. The van der Waals surface area contributed by atoms with Gasteiger partial charge in [-0.25, -0.2) is 9.59 Å². The summed E-state index contributed by atoms with van der Waals surface area (Å²) in [5.74, 6) is -1.18. The number of aliphatic hydroxyl groups excluding tert-OH is 1. The molecule has 0 unspecified atom stereocenters. The van der Waals surface area contributed by atoms with Crippen LogP contribution in [0.5, 0.6) is 0 Å². The van der Waals surface area contributed by atoms with Crippen molar-refractivity contribution in [3.8, 4) is 0 Å². The molecule has 1 atom stereocenters. The maximum atomic E-state index is 11.9. The Morgan fingerprint density at radius 2 is 1.86 bits per heavy atom. The Labute approximate surface area is 124 Å². The highest BCUT2D eigenvalue weighted by atomic mass is 16.4. The summed E-state index contributed by atoms with van der Waals surface area (Å²) >= 11 is 0. The lowest BCUT2D eigenvalue weighted by atomic mass is 9.86. The number of rotatable bonds is 5. The van der Waals surface area contributed by atoms with E-state index in [0.29, 0.717) is 5.69 Å². The van der Waals surface area contributed by atoms with Gasteiger partial charge in [-0.2, -0.15) is 0 Å². The second-order valence-electron chi connectivity index (χ2n) is 5.80. The van der Waals surface area contributed by atoms with Gasteiger partial charge in [0.2, 0.25) is 0 Å². The van der Waals surface area contributed by atoms with Gasteiger partial charge in [0.1, 0.15) is 6.04 Å². The molecule has 0 heterocycles. The Kier molecular flexibility index (Phi) is 5.72. The molecule has 1 rings (SSSR count). The molecule has 2 amide bonds. The van der Waals surface area contributed by atoms with E-state index < -0.39 is 18.0 Å². The first kappa shape index (κ1) is 17.0. The van der Waals surface area contributed by atoms with Gasteiger partial charge in [0.15, 0.2) is 0 Å². The van der Waals surface area contributed by atoms with Crippen LogP contribution < -0.4 is 10.6 Å². The minimum atomic E-state index is -1.18. The number of anilines is 1. The highest BCUT2D eigenvalue weighted by molar-refractivity contribution is 5.93. The minimum absolute atomic E-state index is 0.0380. The number of urea groups is 1. The third kappa shape index (κ3) is 5.07. The number of aliphatic carboxylic acids is 1. The number of amides is 2. The van der Waals surface area contributed by atoms with E-state index in [1.54, 1.807) is 12.1 Å². The molecule has 1 aromatic rings. The summed E-state index contributed by atoms with van der Waals surface area (Å²) < 4.78 is 0. The van der Waals surface area contributed by atoms with Crippen LogP contribution in [-0.4, -0.2) is 34.9 Å². The molecule has 0 aliphatic heterocycles. The van der Waals surface area contributed by atoms with Gasteiger partial charge >= 0.3 is 12.0 Å². The Balaban J connectivity index is 2.82. The van der Waals surface area contributed by atoms with Gasteiger partial charge in [-0.15, -0.1) is 0 Å². The van der Waals surface area contributed by atoms with Crippen LogP contribution in [0.1, 0.15) is 32.8 Å². The molecular weight excluding hydrogens is 272 g/mol. The van der Waals surface area contributed by atoms with E-state index in [2.05, 4.69) is 10.6 Å². The molecule has 116 valence electrons. The van der Waals surface area contributed by atoms with Crippen molar-refractivity contribution in [1.82, 2.24) is 5.32 Å². The van der Waals surface area contributed by atoms with Crippen molar-refractivity contribution in [2.24, 2.45) is 0 Å². The summed E-state index contributed by atoms with van der Waals surface area (Å²) in [5, 5.41) is 22.8. The molecule has 0 aliphatic carbocycles. The highest BCUT2D eigenvalue weighted by Crippen LogP contribution is 2.29. The second-order valence-corrected chi connectivity index (χ2v) is 5.80. The van der Waals surface area contributed by atoms with Crippen LogP contribution in [0.4, 0.5) is 10.5 Å². The minimum Gasteiger partial charge on any atom is -0.480 e. The number of carbonyl (C=O) groups is 2. The Morgan fingerprint density at radius 1 is 1.24 bits per heavy atom. The number of carboxylic acids is 1. The van der Waals surface area contributed by atoms with Gasteiger partial charge in [-0.3, -0.25) is 0 Å². The number of hydrogen-bond acceptors (Lipinski definition) is 3. The fourth-order valence-electron chi connectivity index (χ4n) is 1.95. The molecule has 0 aliphatic rings. The standard InChI is InChI=1S/C15H22N2O4/c1-15(2,3)10-6-4-5-7-11(10)16-14(21)17-12(8-9-18)13(19)20/h4-7,12,18H,8-9H2,1-3H3,(H,19,20)(H2,16,17,21)/t12-/m1/s1. The summed E-state index contributed by atoms with van der Waals surface area (Å²) in [6, 6.07) is 5.65. The number of carboxylic acid groups (broad SMARTS) is 1. The maximum Gasteiger partial charge on any atom is 0.326 e. The number of benzene rings is 1. The first-order valence-electron chi connectivity index (χ1n) is 6.76. The summed E-state index contributed by atoms with van der Waals surface area (Å²) in [6.07, 6.45) is -0.0380. The lowest BCUT2D eigenvalue weighted by molar-refractivity contribution is -0.139. The van der Waals surface area contributed by atoms with Crippen molar-refractivity contribution in [2.75, 3.05) is 11.9 Å². The molecule has 4 N–H and O–H groups in total. The van der Waals surface area contributed by atoms with E-state index in [1.807, 2.05) is 32.9 Å². The third-order valence-electron chi connectivity index (χ3n) is 3.00. The quantitative estimate of drug-likeness (QED) is 0.667. The van der Waals surface area contributed by atoms with Crippen LogP contribution >= 0.6 is 0 Å². The van der Waals surface area contributed by atoms with Crippen molar-refractivity contribution in [3.63, 3.8) is 0 Å². The van der Waals surface area contributed by atoms with E-state index >= 15 is 0 Å². The number of aliphatic hydroxyl groups is 1. The van der Waals surface area contributed by atoms with Gasteiger partial charge in [-0.1, -0.05) is 39.0 Å². The summed E-state index contributed by atoms with van der Waals surface area (Å²) in [4.78, 5) is 22.9. The summed E-state index contributed by atoms with van der Waals surface area (Å²) in [5.41, 5.74) is 1.44. The average Bonchev–Trinajstić information content (AvgIpc) is 2.37. The molecule has 0 spiro atoms. The molecule has 1 aromatic carbocycles. The zero-order valence-electron chi connectivity index (χ0n) is 12.5. The molecular formula is C15H22N2O4. The van der Waals surface area contributed by atoms with E-state index in [-0.39, 0.29) is 18.4 Å². The third-order valence-corrected chi connectivity index (χ3v) is 3.00. The fraction of sp³-hybridized carbons (Fsp3) is 0.467. The van der Waals surface area contributed by atoms with Crippen molar-refractivity contribution in [2.45, 2.75) is 38.6 Å². The topological polar surface area (TPSA) is 98.7 Å². The lowest BCUT2D eigenvalue weighted by Gasteiger charge is -2.23. The molecule has 21 heavy (non-hydrogen) atoms. The van der Waals surface area contributed by atoms with Crippen LogP contribution in [0.25, 0.3) is 0 Å². The van der Waals surface area contributed by atoms with Crippen molar-refractivity contribution in [1.29, 1.82) is 0 Å². The number of para-hydroxylation sites is 1. The van der Waals surface area contributed by atoms with E-state index in [0.717, 1.165) is 5.56 Å². The number of hydrogen-bond donors (Lipinski definition) is 4. The van der Waals surface area contributed by atoms with E-state index in [1.165, 1.54) is 0 Å². The van der Waals surface area contributed by atoms with Crippen LogP contribution in [0.3, 0.4) is 0 Å². The van der Waals surface area contributed by atoms with Crippen molar-refractivity contribution < 1.29 is 19.8 Å². The molecule has 6 heteroatoms. The molecule has 0 aromatic heterocycles. The molecule has 6 nitrogen and oxygen atoms in total. The van der Waals surface area contributed by atoms with Gasteiger partial charge in [-0.05, 0) is 17.0 Å². The van der Waals surface area contributed by atoms with Gasteiger partial charge in [0.05, 0.1) is 0 Å². The molecule has 0 fully saturated rings. The molecule has 0 saturated carbocycles. The van der Waals surface area contributed by atoms with E-state index in [9.17, 15) is 9.59 Å². The average molecular weight is 294 g/mol. The zero-order valence-corrected chi connectivity index (χ0v) is 12.5. The fourth-order valence-corrected chi connectivity index (χ4v) is 1.95. The molecule has 0 radical (unpaired) electrons. The largest absolute Gasteiger partial charge is 0.480 e. The highest BCUT2D eigenvalue weighted by Gasteiger charge is 2.21. The van der Waals surface area contributed by atoms with Gasteiger partial charge < -0.3 is 20.8 Å².